The molecule has 2 heterocycles. The molecule has 2 aromatic heterocycles. The number of anilines is 3. The van der Waals surface area contributed by atoms with Crippen molar-refractivity contribution in [3.05, 3.63) is 66.6 Å². The molecule has 0 aliphatic carbocycles. The number of rotatable bonds is 7. The maximum absolute atomic E-state index is 5.45. The molecule has 146 valence electrons. The molecule has 0 aliphatic rings. The molecule has 4 rings (SSSR count). The van der Waals surface area contributed by atoms with Gasteiger partial charge in [0.25, 0.3) is 0 Å². The fraction of sp³-hybridized carbons (Fsp3) is 0.143. The van der Waals surface area contributed by atoms with Gasteiger partial charge in [-0.15, -0.1) is 0 Å². The Balaban J connectivity index is 1.76. The van der Waals surface area contributed by atoms with Gasteiger partial charge < -0.3 is 20.1 Å². The molecule has 0 aliphatic heterocycles. The number of nitrogens with one attached hydrogen (secondary N) is 2. The summed E-state index contributed by atoms with van der Waals surface area (Å²) in [5.41, 5.74) is 1.86. The van der Waals surface area contributed by atoms with Crippen LogP contribution in [0.5, 0.6) is 11.5 Å². The van der Waals surface area contributed by atoms with E-state index in [-0.39, 0.29) is 0 Å². The van der Waals surface area contributed by atoms with Gasteiger partial charge in [0.05, 0.1) is 19.7 Å². The molecule has 29 heavy (non-hydrogen) atoms. The van der Waals surface area contributed by atoms with Crippen LogP contribution < -0.4 is 20.1 Å². The highest BCUT2D eigenvalue weighted by Gasteiger charge is 2.14. The van der Waals surface area contributed by atoms with Crippen LogP contribution in [0.2, 0.25) is 0 Å². The highest BCUT2D eigenvalue weighted by Crippen LogP contribution is 2.35. The van der Waals surface area contributed by atoms with Crippen molar-refractivity contribution in [2.75, 3.05) is 24.9 Å². The van der Waals surface area contributed by atoms with Crippen molar-refractivity contribution in [1.82, 2.24) is 19.9 Å². The first-order valence-corrected chi connectivity index (χ1v) is 9.01. The number of benzene rings is 2. The van der Waals surface area contributed by atoms with Crippen LogP contribution in [0, 0.1) is 0 Å². The zero-order valence-corrected chi connectivity index (χ0v) is 16.1. The normalized spacial score (nSPS) is 10.6. The molecule has 0 saturated carbocycles. The lowest BCUT2D eigenvalue weighted by atomic mass is 10.2. The minimum absolute atomic E-state index is 0.416. The third-order valence-electron chi connectivity index (χ3n) is 4.33. The van der Waals surface area contributed by atoms with Gasteiger partial charge in [0.1, 0.15) is 18.0 Å². The van der Waals surface area contributed by atoms with E-state index in [9.17, 15) is 0 Å². The maximum atomic E-state index is 5.45. The molecule has 0 unspecified atom stereocenters. The quantitative estimate of drug-likeness (QED) is 0.494. The van der Waals surface area contributed by atoms with Crippen LogP contribution in [-0.4, -0.2) is 34.2 Å². The summed E-state index contributed by atoms with van der Waals surface area (Å²) in [5.74, 6) is 2.91. The highest BCUT2D eigenvalue weighted by atomic mass is 16.5. The van der Waals surface area contributed by atoms with E-state index in [1.165, 1.54) is 6.33 Å². The fourth-order valence-corrected chi connectivity index (χ4v) is 2.91. The Morgan fingerprint density at radius 3 is 2.45 bits per heavy atom. The SMILES string of the molecule is COc1cc2nc(Nc3ccncn3)nc(NCc3ccccc3)c2cc1OC. The van der Waals surface area contributed by atoms with Gasteiger partial charge in [-0.1, -0.05) is 30.3 Å². The second kappa shape index (κ2) is 8.39. The van der Waals surface area contributed by atoms with Crippen molar-refractivity contribution in [3.8, 4) is 11.5 Å². The summed E-state index contributed by atoms with van der Waals surface area (Å²) in [6.45, 7) is 0.619. The molecule has 0 bridgehead atoms. The van der Waals surface area contributed by atoms with Gasteiger partial charge >= 0.3 is 0 Å². The molecule has 0 radical (unpaired) electrons. The second-order valence-electron chi connectivity index (χ2n) is 6.18. The standard InChI is InChI=1S/C21H20N6O2/c1-28-17-10-15-16(11-18(17)29-2)25-21(26-19-8-9-22-13-24-19)27-20(15)23-12-14-6-4-3-5-7-14/h3-11,13H,12H2,1-2H3,(H2,22,23,24,25,26,27). The largest absolute Gasteiger partial charge is 0.493 e. The number of aromatic nitrogens is 4. The third-order valence-corrected chi connectivity index (χ3v) is 4.33. The van der Waals surface area contributed by atoms with Crippen molar-refractivity contribution in [2.24, 2.45) is 0 Å². The van der Waals surface area contributed by atoms with Crippen LogP contribution in [0.3, 0.4) is 0 Å². The molecule has 8 nitrogen and oxygen atoms in total. The summed E-state index contributed by atoms with van der Waals surface area (Å²) >= 11 is 0. The third kappa shape index (κ3) is 4.16. The molecule has 0 fully saturated rings. The number of nitrogens with zero attached hydrogens (tertiary/aromatic N) is 4. The fourth-order valence-electron chi connectivity index (χ4n) is 2.91. The number of methoxy groups -OCH3 is 2. The maximum Gasteiger partial charge on any atom is 0.230 e. The summed E-state index contributed by atoms with van der Waals surface area (Å²) < 4.78 is 10.9. The molecular weight excluding hydrogens is 368 g/mol. The Morgan fingerprint density at radius 2 is 1.72 bits per heavy atom. The van der Waals surface area contributed by atoms with E-state index in [4.69, 9.17) is 9.47 Å². The monoisotopic (exact) mass is 388 g/mol. The first kappa shape index (κ1) is 18.4. The first-order valence-electron chi connectivity index (χ1n) is 9.01. The average Bonchev–Trinajstić information content (AvgIpc) is 2.78. The summed E-state index contributed by atoms with van der Waals surface area (Å²) in [4.78, 5) is 17.4. The van der Waals surface area contributed by atoms with Crippen LogP contribution in [0.25, 0.3) is 10.9 Å². The van der Waals surface area contributed by atoms with E-state index < -0.39 is 0 Å². The van der Waals surface area contributed by atoms with E-state index in [1.807, 2.05) is 30.3 Å². The Bertz CT molecular complexity index is 1110. The van der Waals surface area contributed by atoms with Crippen LogP contribution in [0.1, 0.15) is 5.56 Å². The second-order valence-corrected chi connectivity index (χ2v) is 6.18. The van der Waals surface area contributed by atoms with Crippen LogP contribution in [-0.2, 0) is 6.54 Å². The first-order chi connectivity index (χ1) is 14.3. The molecule has 0 saturated heterocycles. The molecule has 0 atom stereocenters. The Labute approximate surface area is 168 Å². The average molecular weight is 388 g/mol. The summed E-state index contributed by atoms with van der Waals surface area (Å²) in [7, 11) is 3.20. The number of fused-ring (bicyclic) bond motifs is 1. The predicted molar refractivity (Wildman–Crippen MR) is 112 cm³/mol. The minimum atomic E-state index is 0.416. The highest BCUT2D eigenvalue weighted by molar-refractivity contribution is 5.93. The van der Waals surface area contributed by atoms with Crippen molar-refractivity contribution < 1.29 is 9.47 Å². The lowest BCUT2D eigenvalue weighted by molar-refractivity contribution is 0.356. The lowest BCUT2D eigenvalue weighted by Gasteiger charge is -2.14. The van der Waals surface area contributed by atoms with Gasteiger partial charge in [-0.2, -0.15) is 4.98 Å². The Hall–Kier alpha value is -3.94. The molecular formula is C21H20N6O2. The van der Waals surface area contributed by atoms with Gasteiger partial charge in [0.2, 0.25) is 5.95 Å². The number of hydrogen-bond donors (Lipinski definition) is 2. The number of hydrogen-bond acceptors (Lipinski definition) is 8. The van der Waals surface area contributed by atoms with Crippen molar-refractivity contribution in [2.45, 2.75) is 6.54 Å². The van der Waals surface area contributed by atoms with Gasteiger partial charge in [-0.05, 0) is 17.7 Å². The molecule has 0 spiro atoms. The Kier molecular flexibility index (Phi) is 5.33. The van der Waals surface area contributed by atoms with E-state index in [0.29, 0.717) is 41.1 Å². The lowest BCUT2D eigenvalue weighted by Crippen LogP contribution is -2.06. The van der Waals surface area contributed by atoms with Crippen LogP contribution in [0.4, 0.5) is 17.6 Å². The molecule has 8 heteroatoms. The predicted octanol–water partition coefficient (Wildman–Crippen LogP) is 3.79. The molecule has 4 aromatic rings. The summed E-state index contributed by atoms with van der Waals surface area (Å²) in [5, 5.41) is 7.34. The van der Waals surface area contributed by atoms with Crippen LogP contribution in [0.15, 0.2) is 61.1 Å². The smallest absolute Gasteiger partial charge is 0.230 e. The zero-order chi connectivity index (χ0) is 20.1. The van der Waals surface area contributed by atoms with E-state index in [1.54, 1.807) is 26.5 Å². The van der Waals surface area contributed by atoms with Gasteiger partial charge in [0.15, 0.2) is 11.5 Å². The van der Waals surface area contributed by atoms with E-state index in [0.717, 1.165) is 10.9 Å². The summed E-state index contributed by atoms with van der Waals surface area (Å²) in [6, 6.07) is 15.6. The van der Waals surface area contributed by atoms with Crippen molar-refractivity contribution >= 4 is 28.5 Å². The minimum Gasteiger partial charge on any atom is -0.493 e. The molecule has 2 N–H and O–H groups in total. The van der Waals surface area contributed by atoms with Crippen molar-refractivity contribution in [1.29, 1.82) is 0 Å². The van der Waals surface area contributed by atoms with Crippen LogP contribution >= 0.6 is 0 Å². The Morgan fingerprint density at radius 1 is 0.931 bits per heavy atom. The van der Waals surface area contributed by atoms with E-state index >= 15 is 0 Å². The van der Waals surface area contributed by atoms with Gasteiger partial charge in [-0.25, -0.2) is 15.0 Å². The van der Waals surface area contributed by atoms with Gasteiger partial charge in [0, 0.05) is 24.2 Å². The topological polar surface area (TPSA) is 94.1 Å². The summed E-state index contributed by atoms with van der Waals surface area (Å²) in [6.07, 6.45) is 3.12. The van der Waals surface area contributed by atoms with Crippen molar-refractivity contribution in [3.63, 3.8) is 0 Å². The van der Waals surface area contributed by atoms with Gasteiger partial charge in [-0.3, -0.25) is 0 Å². The molecule has 2 aromatic carbocycles. The zero-order valence-electron chi connectivity index (χ0n) is 16.1. The molecule has 0 amide bonds. The number of ether oxygens (including phenoxy) is 2. The van der Waals surface area contributed by atoms with E-state index in [2.05, 4.69) is 42.7 Å².